The van der Waals surface area contributed by atoms with Gasteiger partial charge in [-0.1, -0.05) is 6.92 Å². The molecular formula is C12H19BrN6. The predicted molar refractivity (Wildman–Crippen MR) is 76.9 cm³/mol. The highest BCUT2D eigenvalue weighted by Crippen LogP contribution is 2.22. The zero-order valence-corrected chi connectivity index (χ0v) is 13.1. The summed E-state index contributed by atoms with van der Waals surface area (Å²) in [5.74, 6) is 0.803. The molecule has 0 radical (unpaired) electrons. The third-order valence-electron chi connectivity index (χ3n) is 2.92. The van der Waals surface area contributed by atoms with E-state index in [2.05, 4.69) is 50.3 Å². The summed E-state index contributed by atoms with van der Waals surface area (Å²) in [4.78, 5) is 4.26. The van der Waals surface area contributed by atoms with Crippen LogP contribution in [0.4, 0.5) is 0 Å². The van der Waals surface area contributed by atoms with Gasteiger partial charge in [-0.3, -0.25) is 4.68 Å². The molecule has 7 heteroatoms. The van der Waals surface area contributed by atoms with Crippen LogP contribution in [-0.2, 0) is 26.1 Å². The lowest BCUT2D eigenvalue weighted by Gasteiger charge is -2.05. The second-order valence-corrected chi connectivity index (χ2v) is 5.06. The SMILES string of the molecule is CCc1nn(CC)c(Cn2cnc(CNC)n2)c1Br. The Bertz CT molecular complexity index is 544. The standard InChI is InChI=1S/C12H19BrN6/c1-4-9-12(13)10(19(5-2)16-9)7-18-8-15-11(17-18)6-14-3/h8,14H,4-7H2,1-3H3. The van der Waals surface area contributed by atoms with Gasteiger partial charge in [0, 0.05) is 6.54 Å². The molecule has 2 rings (SSSR count). The molecule has 0 saturated carbocycles. The Morgan fingerprint density at radius 2 is 2.11 bits per heavy atom. The van der Waals surface area contributed by atoms with Crippen LogP contribution in [0, 0.1) is 0 Å². The van der Waals surface area contributed by atoms with Gasteiger partial charge in [0.25, 0.3) is 0 Å². The molecule has 0 saturated heterocycles. The highest BCUT2D eigenvalue weighted by Gasteiger charge is 2.14. The third-order valence-corrected chi connectivity index (χ3v) is 3.84. The molecule has 0 aliphatic heterocycles. The maximum Gasteiger partial charge on any atom is 0.164 e. The van der Waals surface area contributed by atoms with E-state index >= 15 is 0 Å². The van der Waals surface area contributed by atoms with E-state index in [-0.39, 0.29) is 0 Å². The zero-order valence-electron chi connectivity index (χ0n) is 11.5. The average molecular weight is 327 g/mol. The number of halogens is 1. The van der Waals surface area contributed by atoms with Gasteiger partial charge in [-0.25, -0.2) is 9.67 Å². The molecule has 0 atom stereocenters. The Morgan fingerprint density at radius 1 is 1.32 bits per heavy atom. The van der Waals surface area contributed by atoms with Crippen LogP contribution in [0.2, 0.25) is 0 Å². The molecule has 2 aromatic heterocycles. The molecule has 0 aliphatic rings. The van der Waals surface area contributed by atoms with Crippen molar-refractivity contribution in [3.05, 3.63) is 28.0 Å². The summed E-state index contributed by atoms with van der Waals surface area (Å²) in [7, 11) is 1.89. The first-order valence-electron chi connectivity index (χ1n) is 6.46. The number of nitrogens with zero attached hydrogens (tertiary/aromatic N) is 5. The number of hydrogen-bond donors (Lipinski definition) is 1. The number of hydrogen-bond acceptors (Lipinski definition) is 4. The van der Waals surface area contributed by atoms with Crippen molar-refractivity contribution in [1.82, 2.24) is 29.9 Å². The molecule has 0 unspecified atom stereocenters. The largest absolute Gasteiger partial charge is 0.313 e. The summed E-state index contributed by atoms with van der Waals surface area (Å²) in [6, 6.07) is 0. The Labute approximate surface area is 121 Å². The Balaban J connectivity index is 2.23. The van der Waals surface area contributed by atoms with Crippen molar-refractivity contribution >= 4 is 15.9 Å². The number of aryl methyl sites for hydroxylation is 2. The highest BCUT2D eigenvalue weighted by molar-refractivity contribution is 9.10. The van der Waals surface area contributed by atoms with Crippen molar-refractivity contribution in [2.45, 2.75) is 39.9 Å². The van der Waals surface area contributed by atoms with Gasteiger partial charge in [-0.05, 0) is 36.3 Å². The Hall–Kier alpha value is -1.21. The van der Waals surface area contributed by atoms with E-state index in [1.54, 1.807) is 6.33 Å². The fourth-order valence-corrected chi connectivity index (χ4v) is 2.66. The zero-order chi connectivity index (χ0) is 13.8. The van der Waals surface area contributed by atoms with Crippen molar-refractivity contribution in [3.63, 3.8) is 0 Å². The maximum atomic E-state index is 4.58. The molecule has 1 N–H and O–H groups in total. The fraction of sp³-hybridized carbons (Fsp3) is 0.583. The van der Waals surface area contributed by atoms with Crippen molar-refractivity contribution < 1.29 is 0 Å². The van der Waals surface area contributed by atoms with Crippen LogP contribution in [0.3, 0.4) is 0 Å². The summed E-state index contributed by atoms with van der Waals surface area (Å²) in [6.45, 7) is 6.42. The van der Waals surface area contributed by atoms with Crippen molar-refractivity contribution in [2.24, 2.45) is 0 Å². The van der Waals surface area contributed by atoms with Gasteiger partial charge in [0.15, 0.2) is 5.82 Å². The lowest BCUT2D eigenvalue weighted by Crippen LogP contribution is -2.10. The first-order chi connectivity index (χ1) is 9.19. The molecule has 0 amide bonds. The molecule has 0 aliphatic carbocycles. The van der Waals surface area contributed by atoms with E-state index in [1.165, 1.54) is 0 Å². The quantitative estimate of drug-likeness (QED) is 0.875. The van der Waals surface area contributed by atoms with Crippen LogP contribution in [-0.4, -0.2) is 31.6 Å². The van der Waals surface area contributed by atoms with Crippen LogP contribution in [0.5, 0.6) is 0 Å². The molecule has 0 fully saturated rings. The molecule has 0 bridgehead atoms. The minimum Gasteiger partial charge on any atom is -0.313 e. The van der Waals surface area contributed by atoms with Gasteiger partial charge in [0.1, 0.15) is 6.33 Å². The molecule has 104 valence electrons. The minimum atomic E-state index is 0.679. The number of rotatable bonds is 6. The molecule has 2 aromatic rings. The summed E-state index contributed by atoms with van der Waals surface area (Å²) in [5.41, 5.74) is 2.23. The van der Waals surface area contributed by atoms with Crippen LogP contribution >= 0.6 is 15.9 Å². The molecule has 19 heavy (non-hydrogen) atoms. The smallest absolute Gasteiger partial charge is 0.164 e. The molecule has 2 heterocycles. The van der Waals surface area contributed by atoms with Crippen molar-refractivity contribution in [1.29, 1.82) is 0 Å². The predicted octanol–water partition coefficient (Wildman–Crippen LogP) is 1.59. The second-order valence-electron chi connectivity index (χ2n) is 4.27. The Morgan fingerprint density at radius 3 is 2.74 bits per heavy atom. The number of nitrogens with one attached hydrogen (secondary N) is 1. The average Bonchev–Trinajstić information content (AvgIpc) is 2.97. The molecule has 0 spiro atoms. The van der Waals surface area contributed by atoms with E-state index < -0.39 is 0 Å². The summed E-state index contributed by atoms with van der Waals surface area (Å²) < 4.78 is 4.95. The summed E-state index contributed by atoms with van der Waals surface area (Å²) in [6.07, 6.45) is 2.68. The minimum absolute atomic E-state index is 0.679. The lowest BCUT2D eigenvalue weighted by atomic mass is 10.3. The van der Waals surface area contributed by atoms with Crippen LogP contribution < -0.4 is 5.32 Å². The number of aromatic nitrogens is 5. The third kappa shape index (κ3) is 3.03. The molecule has 6 nitrogen and oxygen atoms in total. The first kappa shape index (κ1) is 14.2. The van der Waals surface area contributed by atoms with E-state index in [0.29, 0.717) is 13.1 Å². The van der Waals surface area contributed by atoms with Crippen LogP contribution in [0.25, 0.3) is 0 Å². The van der Waals surface area contributed by atoms with E-state index in [4.69, 9.17) is 0 Å². The topological polar surface area (TPSA) is 60.6 Å². The summed E-state index contributed by atoms with van der Waals surface area (Å²) >= 11 is 3.64. The van der Waals surface area contributed by atoms with Gasteiger partial charge in [-0.2, -0.15) is 10.2 Å². The van der Waals surface area contributed by atoms with Gasteiger partial charge < -0.3 is 5.32 Å². The van der Waals surface area contributed by atoms with E-state index in [0.717, 1.165) is 34.7 Å². The molecule has 0 aromatic carbocycles. The molecular weight excluding hydrogens is 308 g/mol. The van der Waals surface area contributed by atoms with Crippen LogP contribution in [0.15, 0.2) is 10.8 Å². The Kier molecular flexibility index (Phi) is 4.71. The van der Waals surface area contributed by atoms with Gasteiger partial charge in [0.05, 0.1) is 29.0 Å². The first-order valence-corrected chi connectivity index (χ1v) is 7.25. The maximum absolute atomic E-state index is 4.58. The van der Waals surface area contributed by atoms with Gasteiger partial charge in [-0.15, -0.1) is 0 Å². The van der Waals surface area contributed by atoms with E-state index in [9.17, 15) is 0 Å². The fourth-order valence-electron chi connectivity index (χ4n) is 1.97. The normalized spacial score (nSPS) is 11.2. The van der Waals surface area contributed by atoms with Crippen molar-refractivity contribution in [3.8, 4) is 0 Å². The second kappa shape index (κ2) is 6.29. The van der Waals surface area contributed by atoms with Gasteiger partial charge in [0.2, 0.25) is 0 Å². The van der Waals surface area contributed by atoms with Crippen molar-refractivity contribution in [2.75, 3.05) is 7.05 Å². The summed E-state index contributed by atoms with van der Waals surface area (Å²) in [5, 5.41) is 12.1. The lowest BCUT2D eigenvalue weighted by molar-refractivity contribution is 0.568. The van der Waals surface area contributed by atoms with Crippen LogP contribution in [0.1, 0.15) is 31.1 Å². The van der Waals surface area contributed by atoms with E-state index in [1.807, 2.05) is 16.4 Å². The highest BCUT2D eigenvalue weighted by atomic mass is 79.9. The monoisotopic (exact) mass is 326 g/mol. The van der Waals surface area contributed by atoms with Gasteiger partial charge >= 0.3 is 0 Å².